The Hall–Kier alpha value is -3.32. The van der Waals surface area contributed by atoms with E-state index < -0.39 is 5.97 Å². The lowest BCUT2D eigenvalue weighted by Crippen LogP contribution is -2.22. The van der Waals surface area contributed by atoms with Crippen LogP contribution in [-0.4, -0.2) is 18.5 Å². The van der Waals surface area contributed by atoms with E-state index in [0.717, 1.165) is 33.8 Å². The molecule has 1 aliphatic rings. The maximum absolute atomic E-state index is 12.7. The SMILES string of the molecule is CCOc1ccc([C@H]2CC(=O)Nc3sc(C(=O)OCc4ccccc4)c(N)c32)cc1. The first-order valence-corrected chi connectivity index (χ1v) is 10.5. The zero-order chi connectivity index (χ0) is 21.1. The Balaban J connectivity index is 1.60. The molecule has 30 heavy (non-hydrogen) atoms. The number of amides is 1. The van der Waals surface area contributed by atoms with Crippen LogP contribution in [0, 0.1) is 0 Å². The van der Waals surface area contributed by atoms with Gasteiger partial charge in [-0.3, -0.25) is 4.79 Å². The first-order valence-electron chi connectivity index (χ1n) is 9.72. The number of benzene rings is 2. The summed E-state index contributed by atoms with van der Waals surface area (Å²) in [6, 6.07) is 17.1. The van der Waals surface area contributed by atoms with Gasteiger partial charge < -0.3 is 20.5 Å². The van der Waals surface area contributed by atoms with Crippen LogP contribution in [0.2, 0.25) is 0 Å². The third kappa shape index (κ3) is 4.02. The van der Waals surface area contributed by atoms with Crippen LogP contribution < -0.4 is 15.8 Å². The molecule has 0 aliphatic carbocycles. The van der Waals surface area contributed by atoms with Crippen LogP contribution in [0.15, 0.2) is 54.6 Å². The van der Waals surface area contributed by atoms with Crippen LogP contribution in [0.5, 0.6) is 5.75 Å². The number of carbonyl (C=O) groups excluding carboxylic acids is 2. The lowest BCUT2D eigenvalue weighted by Gasteiger charge is -2.24. The Bertz CT molecular complexity index is 1060. The minimum Gasteiger partial charge on any atom is -0.494 e. The molecule has 4 rings (SSSR count). The van der Waals surface area contributed by atoms with Crippen LogP contribution in [0.3, 0.4) is 0 Å². The van der Waals surface area contributed by atoms with Gasteiger partial charge in [-0.25, -0.2) is 4.79 Å². The first-order chi connectivity index (χ1) is 14.6. The van der Waals surface area contributed by atoms with Crippen molar-refractivity contribution in [1.29, 1.82) is 0 Å². The van der Waals surface area contributed by atoms with Crippen molar-refractivity contribution in [2.75, 3.05) is 17.7 Å². The molecular weight excluding hydrogens is 400 g/mol. The summed E-state index contributed by atoms with van der Waals surface area (Å²) in [5.41, 5.74) is 9.36. The van der Waals surface area contributed by atoms with Gasteiger partial charge in [0.2, 0.25) is 5.91 Å². The summed E-state index contributed by atoms with van der Waals surface area (Å²) in [7, 11) is 0. The molecule has 0 unspecified atom stereocenters. The maximum atomic E-state index is 12.7. The largest absolute Gasteiger partial charge is 0.494 e. The van der Waals surface area contributed by atoms with Gasteiger partial charge >= 0.3 is 5.97 Å². The monoisotopic (exact) mass is 422 g/mol. The molecule has 0 radical (unpaired) electrons. The van der Waals surface area contributed by atoms with Gasteiger partial charge in [0.05, 0.1) is 12.3 Å². The van der Waals surface area contributed by atoms with Gasteiger partial charge in [0, 0.05) is 17.9 Å². The van der Waals surface area contributed by atoms with Crippen LogP contribution in [0.25, 0.3) is 0 Å². The molecule has 3 N–H and O–H groups in total. The summed E-state index contributed by atoms with van der Waals surface area (Å²) >= 11 is 1.16. The van der Waals surface area contributed by atoms with Gasteiger partial charge in [0.25, 0.3) is 0 Å². The number of esters is 1. The van der Waals surface area contributed by atoms with Gasteiger partial charge in [-0.05, 0) is 30.2 Å². The molecule has 1 amide bonds. The third-order valence-electron chi connectivity index (χ3n) is 4.97. The van der Waals surface area contributed by atoms with E-state index in [9.17, 15) is 9.59 Å². The molecule has 0 bridgehead atoms. The van der Waals surface area contributed by atoms with E-state index in [-0.39, 0.29) is 24.9 Å². The van der Waals surface area contributed by atoms with Crippen molar-refractivity contribution in [3.63, 3.8) is 0 Å². The Morgan fingerprint density at radius 3 is 2.60 bits per heavy atom. The number of anilines is 2. The molecule has 1 atom stereocenters. The van der Waals surface area contributed by atoms with Crippen molar-refractivity contribution in [1.82, 2.24) is 0 Å². The molecule has 2 aromatic carbocycles. The molecule has 0 fully saturated rings. The number of fused-ring (bicyclic) bond motifs is 1. The van der Waals surface area contributed by atoms with E-state index in [4.69, 9.17) is 15.2 Å². The summed E-state index contributed by atoms with van der Waals surface area (Å²) in [5.74, 6) is -0.0520. The summed E-state index contributed by atoms with van der Waals surface area (Å²) in [6.45, 7) is 2.67. The van der Waals surface area contributed by atoms with Gasteiger partial charge in [0.1, 0.15) is 22.2 Å². The first kappa shape index (κ1) is 20.0. The number of thiophene rings is 1. The van der Waals surface area contributed by atoms with Gasteiger partial charge in [-0.15, -0.1) is 11.3 Å². The zero-order valence-corrected chi connectivity index (χ0v) is 17.3. The number of rotatable bonds is 6. The number of hydrogen-bond donors (Lipinski definition) is 2. The van der Waals surface area contributed by atoms with E-state index in [2.05, 4.69) is 5.32 Å². The molecule has 3 aromatic rings. The summed E-state index contributed by atoms with van der Waals surface area (Å²) in [5, 5.41) is 3.45. The molecule has 0 saturated carbocycles. The van der Waals surface area contributed by atoms with Crippen molar-refractivity contribution in [2.45, 2.75) is 25.9 Å². The topological polar surface area (TPSA) is 90.6 Å². The second kappa shape index (κ2) is 8.59. The third-order valence-corrected chi connectivity index (χ3v) is 6.08. The Morgan fingerprint density at radius 2 is 1.90 bits per heavy atom. The molecule has 0 spiro atoms. The van der Waals surface area contributed by atoms with Crippen LogP contribution in [0.1, 0.15) is 45.6 Å². The van der Waals surface area contributed by atoms with Crippen LogP contribution in [0.4, 0.5) is 10.7 Å². The van der Waals surface area contributed by atoms with E-state index in [0.29, 0.717) is 22.2 Å². The zero-order valence-electron chi connectivity index (χ0n) is 16.5. The number of nitrogens with one attached hydrogen (secondary N) is 1. The fourth-order valence-corrected chi connectivity index (χ4v) is 4.64. The average Bonchev–Trinajstić information content (AvgIpc) is 3.09. The number of carbonyl (C=O) groups is 2. The lowest BCUT2D eigenvalue weighted by atomic mass is 9.86. The quantitative estimate of drug-likeness (QED) is 0.568. The Morgan fingerprint density at radius 1 is 1.17 bits per heavy atom. The number of nitrogen functional groups attached to an aromatic ring is 1. The Labute approximate surface area is 178 Å². The highest BCUT2D eigenvalue weighted by molar-refractivity contribution is 7.19. The van der Waals surface area contributed by atoms with E-state index in [1.807, 2.05) is 61.5 Å². The highest BCUT2D eigenvalue weighted by atomic mass is 32.1. The second-order valence-electron chi connectivity index (χ2n) is 6.96. The highest BCUT2D eigenvalue weighted by Crippen LogP contribution is 2.47. The fourth-order valence-electron chi connectivity index (χ4n) is 3.55. The van der Waals surface area contributed by atoms with Crippen molar-refractivity contribution in [3.05, 3.63) is 76.2 Å². The van der Waals surface area contributed by atoms with Crippen LogP contribution in [-0.2, 0) is 16.1 Å². The van der Waals surface area contributed by atoms with E-state index in [1.54, 1.807) is 0 Å². The Kier molecular flexibility index (Phi) is 5.72. The van der Waals surface area contributed by atoms with Crippen molar-refractivity contribution >= 4 is 33.9 Å². The van der Waals surface area contributed by atoms with Crippen LogP contribution >= 0.6 is 11.3 Å². The minimum absolute atomic E-state index is 0.105. The predicted molar refractivity (Wildman–Crippen MR) is 117 cm³/mol. The van der Waals surface area contributed by atoms with Gasteiger partial charge in [-0.1, -0.05) is 42.5 Å². The fraction of sp³-hybridized carbons (Fsp3) is 0.217. The average molecular weight is 423 g/mol. The molecule has 7 heteroatoms. The number of ether oxygens (including phenoxy) is 2. The normalized spacial score (nSPS) is 15.2. The lowest BCUT2D eigenvalue weighted by molar-refractivity contribution is -0.116. The van der Waals surface area contributed by atoms with Gasteiger partial charge in [0.15, 0.2) is 0 Å². The van der Waals surface area contributed by atoms with E-state index in [1.165, 1.54) is 0 Å². The molecule has 6 nitrogen and oxygen atoms in total. The molecule has 0 saturated heterocycles. The molecule has 1 aliphatic heterocycles. The maximum Gasteiger partial charge on any atom is 0.350 e. The van der Waals surface area contributed by atoms with Crippen molar-refractivity contribution in [2.24, 2.45) is 0 Å². The van der Waals surface area contributed by atoms with Crippen molar-refractivity contribution < 1.29 is 19.1 Å². The standard InChI is InChI=1S/C23H22N2O4S/c1-2-28-16-10-8-15(9-11-16)17-12-18(26)25-22-19(17)20(24)21(30-22)23(27)29-13-14-6-4-3-5-7-14/h3-11,17H,2,12-13,24H2,1H3,(H,25,26)/t17-/m1/s1. The summed E-state index contributed by atoms with van der Waals surface area (Å²) in [4.78, 5) is 25.3. The molecule has 154 valence electrons. The molecule has 1 aromatic heterocycles. The number of nitrogens with two attached hydrogens (primary N) is 1. The summed E-state index contributed by atoms with van der Waals surface area (Å²) < 4.78 is 10.9. The van der Waals surface area contributed by atoms with E-state index >= 15 is 0 Å². The number of hydrogen-bond acceptors (Lipinski definition) is 6. The molecular formula is C23H22N2O4S. The highest BCUT2D eigenvalue weighted by Gasteiger charge is 2.34. The van der Waals surface area contributed by atoms with Gasteiger partial charge in [-0.2, -0.15) is 0 Å². The summed E-state index contributed by atoms with van der Waals surface area (Å²) in [6.07, 6.45) is 0.264. The molecule has 2 heterocycles. The smallest absolute Gasteiger partial charge is 0.350 e. The minimum atomic E-state index is -0.490. The second-order valence-corrected chi connectivity index (χ2v) is 7.98. The predicted octanol–water partition coefficient (Wildman–Crippen LogP) is 4.56. The van der Waals surface area contributed by atoms with Crippen molar-refractivity contribution in [3.8, 4) is 5.75 Å².